The van der Waals surface area contributed by atoms with Crippen molar-refractivity contribution in [3.8, 4) is 0 Å². The predicted molar refractivity (Wildman–Crippen MR) is 67.8 cm³/mol. The molecule has 1 aliphatic heterocycles. The maximum atomic E-state index is 11.7. The predicted octanol–water partition coefficient (Wildman–Crippen LogP) is -0.548. The molecule has 0 aliphatic carbocycles. The normalized spacial score (nSPS) is 15.4. The molecule has 0 saturated carbocycles. The van der Waals surface area contributed by atoms with Crippen molar-refractivity contribution in [2.75, 3.05) is 28.7 Å². The van der Waals surface area contributed by atoms with Crippen molar-refractivity contribution in [1.82, 2.24) is 9.97 Å². The van der Waals surface area contributed by atoms with Gasteiger partial charge in [-0.1, -0.05) is 0 Å². The zero-order valence-corrected chi connectivity index (χ0v) is 10.1. The van der Waals surface area contributed by atoms with E-state index in [-0.39, 0.29) is 35.6 Å². The first-order chi connectivity index (χ1) is 9.01. The number of anilines is 4. The highest BCUT2D eigenvalue weighted by Crippen LogP contribution is 2.30. The second kappa shape index (κ2) is 4.80. The number of carbonyl (C=O) groups excluding carboxylic acids is 2. The minimum absolute atomic E-state index is 0.00831. The van der Waals surface area contributed by atoms with Gasteiger partial charge in [0.2, 0.25) is 5.95 Å². The Kier molecular flexibility index (Phi) is 3.19. The minimum Gasteiger partial charge on any atom is -0.463 e. The van der Waals surface area contributed by atoms with Crippen molar-refractivity contribution >= 4 is 35.1 Å². The largest absolute Gasteiger partial charge is 0.463 e. The Balaban J connectivity index is 2.34. The fraction of sp³-hybridized carbons (Fsp3) is 0.200. The van der Waals surface area contributed by atoms with Crippen LogP contribution < -0.4 is 22.1 Å². The highest BCUT2D eigenvalue weighted by Gasteiger charge is 2.24. The molecule has 0 unspecified atom stereocenters. The Labute approximate surface area is 108 Å². The zero-order chi connectivity index (χ0) is 14.0. The number of hydrogen-bond acceptors (Lipinski definition) is 8. The van der Waals surface area contributed by atoms with Gasteiger partial charge >= 0.3 is 5.97 Å². The lowest BCUT2D eigenvalue weighted by atomic mass is 10.2. The van der Waals surface area contributed by atoms with E-state index in [1.54, 1.807) is 6.92 Å². The quantitative estimate of drug-likeness (QED) is 0.411. The Hall–Kier alpha value is -2.84. The molecule has 0 bridgehead atoms. The fourth-order valence-electron chi connectivity index (χ4n) is 1.48. The third-order valence-corrected chi connectivity index (χ3v) is 2.24. The molecule has 1 aliphatic rings. The number of carbonyl (C=O) groups is 2. The topological polar surface area (TPSA) is 145 Å². The summed E-state index contributed by atoms with van der Waals surface area (Å²) in [6.07, 6.45) is 1.03. The molecule has 1 aromatic heterocycles. The first-order valence-corrected chi connectivity index (χ1v) is 5.41. The van der Waals surface area contributed by atoms with Crippen molar-refractivity contribution in [2.45, 2.75) is 6.92 Å². The molecule has 0 atom stereocenters. The van der Waals surface area contributed by atoms with Crippen LogP contribution in [0.5, 0.6) is 0 Å². The van der Waals surface area contributed by atoms with E-state index < -0.39 is 11.9 Å². The van der Waals surface area contributed by atoms with Gasteiger partial charge in [-0.3, -0.25) is 4.79 Å². The first kappa shape index (κ1) is 12.6. The van der Waals surface area contributed by atoms with Gasteiger partial charge in [-0.2, -0.15) is 9.97 Å². The van der Waals surface area contributed by atoms with Gasteiger partial charge in [-0.25, -0.2) is 4.79 Å². The second-order valence-electron chi connectivity index (χ2n) is 3.58. The third kappa shape index (κ3) is 2.54. The lowest BCUT2D eigenvalue weighted by molar-refractivity contribution is -0.137. The van der Waals surface area contributed by atoms with Gasteiger partial charge in [0.1, 0.15) is 11.4 Å². The van der Waals surface area contributed by atoms with Crippen LogP contribution in [0.3, 0.4) is 0 Å². The maximum Gasteiger partial charge on any atom is 0.333 e. The average Bonchev–Trinajstić information content (AvgIpc) is 2.31. The zero-order valence-electron chi connectivity index (χ0n) is 10.1. The number of hydrogen-bond donors (Lipinski definition) is 4. The SMILES string of the molecule is CCOC(=O)C=C1Nc2c(N)nc(N)nc2NC1=O. The number of ether oxygens (including phenoxy) is 1. The van der Waals surface area contributed by atoms with Crippen LogP contribution in [0.4, 0.5) is 23.3 Å². The molecule has 100 valence electrons. The minimum atomic E-state index is -0.640. The second-order valence-corrected chi connectivity index (χ2v) is 3.58. The Morgan fingerprint density at radius 3 is 2.79 bits per heavy atom. The number of esters is 1. The van der Waals surface area contributed by atoms with Crippen LogP contribution >= 0.6 is 0 Å². The Bertz CT molecular complexity index is 583. The molecule has 0 saturated heterocycles. The van der Waals surface area contributed by atoms with Crippen molar-refractivity contribution in [3.63, 3.8) is 0 Å². The third-order valence-electron chi connectivity index (χ3n) is 2.24. The number of nitrogens with zero attached hydrogens (tertiary/aromatic N) is 2. The maximum absolute atomic E-state index is 11.7. The molecule has 2 heterocycles. The van der Waals surface area contributed by atoms with Gasteiger partial charge in [0, 0.05) is 0 Å². The molecule has 1 amide bonds. The number of fused-ring (bicyclic) bond motifs is 1. The van der Waals surface area contributed by atoms with E-state index in [0.29, 0.717) is 0 Å². The molecule has 0 spiro atoms. The molecular formula is C10H12N6O3. The summed E-state index contributed by atoms with van der Waals surface area (Å²) in [6.45, 7) is 1.87. The Morgan fingerprint density at radius 1 is 1.37 bits per heavy atom. The van der Waals surface area contributed by atoms with E-state index in [1.807, 2.05) is 0 Å². The molecular weight excluding hydrogens is 252 g/mol. The summed E-state index contributed by atoms with van der Waals surface area (Å²) in [5.41, 5.74) is 11.3. The smallest absolute Gasteiger partial charge is 0.333 e. The summed E-state index contributed by atoms with van der Waals surface area (Å²) < 4.78 is 4.71. The number of amides is 1. The summed E-state index contributed by atoms with van der Waals surface area (Å²) in [7, 11) is 0. The van der Waals surface area contributed by atoms with Crippen molar-refractivity contribution in [2.24, 2.45) is 0 Å². The van der Waals surface area contributed by atoms with E-state index >= 15 is 0 Å². The number of aromatic nitrogens is 2. The van der Waals surface area contributed by atoms with Crippen molar-refractivity contribution in [3.05, 3.63) is 11.8 Å². The lowest BCUT2D eigenvalue weighted by Gasteiger charge is -2.20. The molecule has 6 N–H and O–H groups in total. The summed E-state index contributed by atoms with van der Waals surface area (Å²) in [5.74, 6) is -1.01. The van der Waals surface area contributed by atoms with Gasteiger partial charge < -0.3 is 26.8 Å². The molecule has 0 fully saturated rings. The van der Waals surface area contributed by atoms with Crippen LogP contribution in [0.1, 0.15) is 6.92 Å². The van der Waals surface area contributed by atoms with Crippen LogP contribution in [0.2, 0.25) is 0 Å². The van der Waals surface area contributed by atoms with Crippen LogP contribution in [-0.4, -0.2) is 28.5 Å². The van der Waals surface area contributed by atoms with E-state index in [2.05, 4.69) is 20.6 Å². The molecule has 9 heteroatoms. The van der Waals surface area contributed by atoms with Gasteiger partial charge in [-0.15, -0.1) is 0 Å². The highest BCUT2D eigenvalue weighted by atomic mass is 16.5. The fourth-order valence-corrected chi connectivity index (χ4v) is 1.48. The number of nitrogen functional groups attached to an aromatic ring is 2. The average molecular weight is 264 g/mol. The van der Waals surface area contributed by atoms with E-state index in [1.165, 1.54) is 0 Å². The van der Waals surface area contributed by atoms with Crippen LogP contribution in [0.15, 0.2) is 11.8 Å². The number of rotatable bonds is 2. The lowest BCUT2D eigenvalue weighted by Crippen LogP contribution is -2.28. The highest BCUT2D eigenvalue weighted by molar-refractivity contribution is 6.13. The summed E-state index contributed by atoms with van der Waals surface area (Å²) in [6, 6.07) is 0. The van der Waals surface area contributed by atoms with E-state index in [9.17, 15) is 9.59 Å². The molecule has 2 rings (SSSR count). The van der Waals surface area contributed by atoms with Crippen LogP contribution in [-0.2, 0) is 14.3 Å². The molecule has 0 aromatic carbocycles. The van der Waals surface area contributed by atoms with Gasteiger partial charge in [0.05, 0.1) is 12.7 Å². The van der Waals surface area contributed by atoms with Gasteiger partial charge in [0.15, 0.2) is 11.6 Å². The summed E-state index contributed by atoms with van der Waals surface area (Å²) in [4.78, 5) is 30.6. The molecule has 1 aromatic rings. The van der Waals surface area contributed by atoms with Crippen LogP contribution in [0.25, 0.3) is 0 Å². The van der Waals surface area contributed by atoms with Crippen molar-refractivity contribution < 1.29 is 14.3 Å². The standard InChI is InChI=1S/C10H12N6O3/c1-2-19-5(17)3-4-9(18)15-8-6(13-4)7(11)14-10(12)16-8/h3,13H,2H2,1H3,(H5,11,12,14,15,16,18). The van der Waals surface area contributed by atoms with Gasteiger partial charge in [-0.05, 0) is 6.92 Å². The molecule has 0 radical (unpaired) electrons. The monoisotopic (exact) mass is 264 g/mol. The van der Waals surface area contributed by atoms with Crippen molar-refractivity contribution in [1.29, 1.82) is 0 Å². The van der Waals surface area contributed by atoms with E-state index in [0.717, 1.165) is 6.08 Å². The molecule has 9 nitrogen and oxygen atoms in total. The summed E-state index contributed by atoms with van der Waals surface area (Å²) >= 11 is 0. The first-order valence-electron chi connectivity index (χ1n) is 5.41. The molecule has 19 heavy (non-hydrogen) atoms. The summed E-state index contributed by atoms with van der Waals surface area (Å²) in [5, 5.41) is 5.12. The number of nitrogens with one attached hydrogen (secondary N) is 2. The Morgan fingerprint density at radius 2 is 2.11 bits per heavy atom. The number of nitrogens with two attached hydrogens (primary N) is 2. The van der Waals surface area contributed by atoms with E-state index in [4.69, 9.17) is 16.2 Å². The van der Waals surface area contributed by atoms with Gasteiger partial charge in [0.25, 0.3) is 5.91 Å². The van der Waals surface area contributed by atoms with Crippen LogP contribution in [0, 0.1) is 0 Å².